The van der Waals surface area contributed by atoms with E-state index in [0.717, 1.165) is 32.1 Å². The van der Waals surface area contributed by atoms with Crippen molar-refractivity contribution in [3.05, 3.63) is 0 Å². The Morgan fingerprint density at radius 1 is 0.955 bits per heavy atom. The van der Waals surface area contributed by atoms with Gasteiger partial charge in [-0.2, -0.15) is 0 Å². The fourth-order valence-corrected chi connectivity index (χ4v) is 2.04. The summed E-state index contributed by atoms with van der Waals surface area (Å²) in [6.07, 6.45) is 5.93. The molecule has 0 radical (unpaired) electrons. The summed E-state index contributed by atoms with van der Waals surface area (Å²) in [5.41, 5.74) is -0.0510. The fourth-order valence-electron chi connectivity index (χ4n) is 2.04. The third-order valence-electron chi connectivity index (χ3n) is 3.74. The first kappa shape index (κ1) is 20.9. The monoisotopic (exact) mass is 314 g/mol. The van der Waals surface area contributed by atoms with Crippen molar-refractivity contribution >= 4 is 11.8 Å². The highest BCUT2D eigenvalue weighted by atomic mass is 16.7. The number of hydrogen-bond acceptors (Lipinski definition) is 3. The largest absolute Gasteiger partial charge is 0.349 e. The van der Waals surface area contributed by atoms with Gasteiger partial charge in [-0.05, 0) is 24.7 Å². The minimum atomic E-state index is -0.0510. The quantitative estimate of drug-likeness (QED) is 0.434. The van der Waals surface area contributed by atoms with Crippen LogP contribution in [0.25, 0.3) is 0 Å². The van der Waals surface area contributed by atoms with E-state index in [1.54, 1.807) is 26.0 Å². The van der Waals surface area contributed by atoms with Crippen molar-refractivity contribution in [1.82, 2.24) is 9.96 Å². The molecule has 0 heterocycles. The van der Waals surface area contributed by atoms with Gasteiger partial charge in [-0.25, -0.2) is 5.06 Å². The summed E-state index contributed by atoms with van der Waals surface area (Å²) < 4.78 is 0. The number of rotatable bonds is 11. The van der Waals surface area contributed by atoms with E-state index >= 15 is 0 Å². The van der Waals surface area contributed by atoms with Crippen molar-refractivity contribution < 1.29 is 14.4 Å². The molecule has 0 atom stereocenters. The van der Waals surface area contributed by atoms with Gasteiger partial charge in [-0.1, -0.05) is 33.6 Å². The molecule has 5 heteroatoms. The summed E-state index contributed by atoms with van der Waals surface area (Å²) >= 11 is 0. The zero-order chi connectivity index (χ0) is 17.2. The predicted molar refractivity (Wildman–Crippen MR) is 89.2 cm³/mol. The molecule has 0 aromatic heterocycles. The molecule has 0 aliphatic carbocycles. The Morgan fingerprint density at radius 3 is 2.09 bits per heavy atom. The number of carbonyl (C=O) groups is 2. The standard InChI is InChI=1S/C17H34N2O3/c1-7-8-9-11-16(21)19(6)22-14-17(2,3)13-10-12-15(20)18(4)5/h7-14H2,1-6H3. The molecular formula is C17H34N2O3. The predicted octanol–water partition coefficient (Wildman–Crippen LogP) is 3.24. The zero-order valence-electron chi connectivity index (χ0n) is 15.3. The third-order valence-corrected chi connectivity index (χ3v) is 3.74. The smallest absolute Gasteiger partial charge is 0.245 e. The molecule has 0 aromatic rings. The molecule has 130 valence electrons. The van der Waals surface area contributed by atoms with E-state index in [0.29, 0.717) is 19.4 Å². The fraction of sp³-hybridized carbons (Fsp3) is 0.882. The van der Waals surface area contributed by atoms with E-state index in [1.807, 2.05) is 0 Å². The average Bonchev–Trinajstić information content (AvgIpc) is 2.44. The summed E-state index contributed by atoms with van der Waals surface area (Å²) in [4.78, 5) is 30.6. The molecule has 0 aromatic carbocycles. The van der Waals surface area contributed by atoms with Crippen LogP contribution in [0.4, 0.5) is 0 Å². The van der Waals surface area contributed by atoms with Crippen LogP contribution in [0.3, 0.4) is 0 Å². The summed E-state index contributed by atoms with van der Waals surface area (Å²) in [5.74, 6) is 0.187. The molecule has 0 unspecified atom stereocenters. The normalized spacial score (nSPS) is 11.4. The Hall–Kier alpha value is -1.10. The Morgan fingerprint density at radius 2 is 1.55 bits per heavy atom. The maximum atomic E-state index is 11.9. The molecule has 0 rings (SSSR count). The number of hydrogen-bond donors (Lipinski definition) is 0. The summed E-state index contributed by atoms with van der Waals surface area (Å²) in [5, 5.41) is 1.36. The summed E-state index contributed by atoms with van der Waals surface area (Å²) in [6.45, 7) is 6.80. The van der Waals surface area contributed by atoms with Crippen LogP contribution in [-0.4, -0.2) is 49.5 Å². The Bertz CT molecular complexity index is 341. The second-order valence-electron chi connectivity index (χ2n) is 6.93. The van der Waals surface area contributed by atoms with Crippen LogP contribution in [0, 0.1) is 5.41 Å². The van der Waals surface area contributed by atoms with Gasteiger partial charge in [-0.3, -0.25) is 14.4 Å². The molecular weight excluding hydrogens is 280 g/mol. The minimum Gasteiger partial charge on any atom is -0.349 e. The van der Waals surface area contributed by atoms with E-state index in [4.69, 9.17) is 4.84 Å². The highest BCUT2D eigenvalue weighted by Crippen LogP contribution is 2.24. The van der Waals surface area contributed by atoms with Gasteiger partial charge in [-0.15, -0.1) is 0 Å². The lowest BCUT2D eigenvalue weighted by molar-refractivity contribution is -0.187. The molecule has 0 saturated carbocycles. The Kier molecular flexibility index (Phi) is 10.1. The van der Waals surface area contributed by atoms with Crippen LogP contribution in [0.1, 0.15) is 65.7 Å². The molecule has 5 nitrogen and oxygen atoms in total. The topological polar surface area (TPSA) is 49.9 Å². The van der Waals surface area contributed by atoms with Gasteiger partial charge >= 0.3 is 0 Å². The lowest BCUT2D eigenvalue weighted by Crippen LogP contribution is -2.32. The van der Waals surface area contributed by atoms with Crippen molar-refractivity contribution in [2.24, 2.45) is 5.41 Å². The van der Waals surface area contributed by atoms with Crippen LogP contribution in [-0.2, 0) is 14.4 Å². The average molecular weight is 314 g/mol. The number of unbranched alkanes of at least 4 members (excludes halogenated alkanes) is 2. The Balaban J connectivity index is 3.99. The number of nitrogens with zero attached hydrogens (tertiary/aromatic N) is 2. The SMILES string of the molecule is CCCCCC(=O)N(C)OCC(C)(C)CCCC(=O)N(C)C. The highest BCUT2D eigenvalue weighted by Gasteiger charge is 2.21. The van der Waals surface area contributed by atoms with Gasteiger partial charge < -0.3 is 4.90 Å². The molecule has 0 spiro atoms. The zero-order valence-corrected chi connectivity index (χ0v) is 15.3. The lowest BCUT2D eigenvalue weighted by Gasteiger charge is -2.27. The molecule has 22 heavy (non-hydrogen) atoms. The van der Waals surface area contributed by atoms with E-state index in [2.05, 4.69) is 20.8 Å². The van der Waals surface area contributed by atoms with E-state index in [9.17, 15) is 9.59 Å². The number of carbonyl (C=O) groups excluding carboxylic acids is 2. The minimum absolute atomic E-state index is 0.0343. The van der Waals surface area contributed by atoms with Crippen molar-refractivity contribution in [3.63, 3.8) is 0 Å². The van der Waals surface area contributed by atoms with Gasteiger partial charge in [0.1, 0.15) is 0 Å². The van der Waals surface area contributed by atoms with E-state index in [1.165, 1.54) is 5.06 Å². The molecule has 0 saturated heterocycles. The van der Waals surface area contributed by atoms with Crippen LogP contribution in [0.2, 0.25) is 0 Å². The first-order valence-electron chi connectivity index (χ1n) is 8.29. The first-order chi connectivity index (χ1) is 10.2. The molecule has 0 bridgehead atoms. The molecule has 0 aliphatic heterocycles. The third kappa shape index (κ3) is 9.77. The first-order valence-corrected chi connectivity index (χ1v) is 8.29. The molecule has 2 amide bonds. The van der Waals surface area contributed by atoms with Crippen molar-refractivity contribution in [1.29, 1.82) is 0 Å². The second kappa shape index (κ2) is 10.6. The van der Waals surface area contributed by atoms with Gasteiger partial charge in [0, 0.05) is 34.0 Å². The van der Waals surface area contributed by atoms with Crippen LogP contribution < -0.4 is 0 Å². The van der Waals surface area contributed by atoms with E-state index in [-0.39, 0.29) is 17.2 Å². The van der Waals surface area contributed by atoms with Crippen molar-refractivity contribution in [3.8, 4) is 0 Å². The highest BCUT2D eigenvalue weighted by molar-refractivity contribution is 5.75. The maximum absolute atomic E-state index is 11.9. The summed E-state index contributed by atoms with van der Waals surface area (Å²) in [7, 11) is 5.23. The van der Waals surface area contributed by atoms with Crippen LogP contribution in [0.5, 0.6) is 0 Å². The summed E-state index contributed by atoms with van der Waals surface area (Å²) in [6, 6.07) is 0. The van der Waals surface area contributed by atoms with Gasteiger partial charge in [0.25, 0.3) is 0 Å². The molecule has 0 N–H and O–H groups in total. The van der Waals surface area contributed by atoms with E-state index < -0.39 is 0 Å². The Labute approximate surface area is 135 Å². The molecule has 0 aliphatic rings. The van der Waals surface area contributed by atoms with Crippen molar-refractivity contribution in [2.75, 3.05) is 27.7 Å². The number of amides is 2. The van der Waals surface area contributed by atoms with Crippen LogP contribution >= 0.6 is 0 Å². The molecule has 0 fully saturated rings. The van der Waals surface area contributed by atoms with Gasteiger partial charge in [0.2, 0.25) is 11.8 Å². The lowest BCUT2D eigenvalue weighted by atomic mass is 9.88. The van der Waals surface area contributed by atoms with Gasteiger partial charge in [0.05, 0.1) is 6.61 Å². The second-order valence-corrected chi connectivity index (χ2v) is 6.93. The number of hydroxylamine groups is 2. The van der Waals surface area contributed by atoms with Gasteiger partial charge in [0.15, 0.2) is 0 Å². The van der Waals surface area contributed by atoms with Crippen molar-refractivity contribution in [2.45, 2.75) is 65.7 Å². The maximum Gasteiger partial charge on any atom is 0.245 e. The van der Waals surface area contributed by atoms with Crippen LogP contribution in [0.15, 0.2) is 0 Å².